The zero-order valence-corrected chi connectivity index (χ0v) is 27.4. The average molecular weight is 637 g/mol. The van der Waals surface area contributed by atoms with Gasteiger partial charge in [0.15, 0.2) is 0 Å². The van der Waals surface area contributed by atoms with E-state index in [-0.39, 0.29) is 0 Å². The van der Waals surface area contributed by atoms with Crippen LogP contribution in [0.15, 0.2) is 194 Å². The topological polar surface area (TPSA) is 9.86 Å². The molecule has 0 aliphatic rings. The summed E-state index contributed by atoms with van der Waals surface area (Å²) in [6, 6.07) is 70.4. The second-order valence-corrected chi connectivity index (χ2v) is 13.0. The van der Waals surface area contributed by atoms with Gasteiger partial charge in [0.2, 0.25) is 0 Å². The molecule has 0 aliphatic heterocycles. The van der Waals surface area contributed by atoms with E-state index in [1.807, 2.05) is 0 Å². The monoisotopic (exact) mass is 636 g/mol. The Balaban J connectivity index is 1.18. The van der Waals surface area contributed by atoms with Crippen LogP contribution in [0, 0.1) is 0 Å². The molecule has 0 N–H and O–H groups in total. The Morgan fingerprint density at radius 2 is 0.660 bits per heavy atom. The van der Waals surface area contributed by atoms with Crippen LogP contribution in [0.4, 0.5) is 0 Å². The molecule has 2 nitrogen and oxygen atoms in total. The van der Waals surface area contributed by atoms with Crippen molar-refractivity contribution >= 4 is 43.6 Å². The van der Waals surface area contributed by atoms with Crippen molar-refractivity contribution in [3.8, 4) is 44.8 Å². The Kier molecular flexibility index (Phi) is 6.53. The average Bonchev–Trinajstić information content (AvgIpc) is 3.70. The highest BCUT2D eigenvalue weighted by atomic mass is 15.0. The summed E-state index contributed by atoms with van der Waals surface area (Å²) in [5, 5.41) is 5.03. The van der Waals surface area contributed by atoms with Gasteiger partial charge < -0.3 is 9.13 Å². The highest BCUT2D eigenvalue weighted by Crippen LogP contribution is 2.40. The van der Waals surface area contributed by atoms with Crippen molar-refractivity contribution in [2.24, 2.45) is 0 Å². The predicted octanol–water partition coefficient (Wildman–Crippen LogP) is 12.9. The van der Waals surface area contributed by atoms with Gasteiger partial charge >= 0.3 is 0 Å². The molecule has 0 aliphatic carbocycles. The van der Waals surface area contributed by atoms with Crippen molar-refractivity contribution in [2.75, 3.05) is 0 Å². The molecule has 0 unspecified atom stereocenters. The second kappa shape index (κ2) is 11.5. The van der Waals surface area contributed by atoms with E-state index in [0.29, 0.717) is 0 Å². The molecular weight excluding hydrogens is 605 g/mol. The summed E-state index contributed by atoms with van der Waals surface area (Å²) in [7, 11) is 0. The van der Waals surface area contributed by atoms with Gasteiger partial charge in [-0.1, -0.05) is 140 Å². The van der Waals surface area contributed by atoms with Crippen LogP contribution in [-0.2, 0) is 0 Å². The van der Waals surface area contributed by atoms with E-state index in [1.165, 1.54) is 77.0 Å². The molecule has 0 saturated heterocycles. The fourth-order valence-corrected chi connectivity index (χ4v) is 7.75. The third-order valence-electron chi connectivity index (χ3n) is 10.1. The highest BCUT2D eigenvalue weighted by molar-refractivity contribution is 6.19. The molecule has 0 radical (unpaired) electrons. The minimum atomic E-state index is 1.15. The molecule has 2 heteroatoms. The molecule has 234 valence electrons. The molecule has 0 amide bonds. The number of benzene rings is 8. The van der Waals surface area contributed by atoms with Gasteiger partial charge in [0.25, 0.3) is 0 Å². The zero-order chi connectivity index (χ0) is 33.0. The summed E-state index contributed by atoms with van der Waals surface area (Å²) in [4.78, 5) is 0. The van der Waals surface area contributed by atoms with Crippen molar-refractivity contribution in [3.63, 3.8) is 0 Å². The van der Waals surface area contributed by atoms with Crippen LogP contribution < -0.4 is 0 Å². The molecule has 10 rings (SSSR count). The van der Waals surface area contributed by atoms with E-state index in [9.17, 15) is 0 Å². The largest absolute Gasteiger partial charge is 0.309 e. The Bertz CT molecular complexity index is 2840. The first-order chi connectivity index (χ1) is 24.8. The van der Waals surface area contributed by atoms with Crippen molar-refractivity contribution < 1.29 is 0 Å². The van der Waals surface area contributed by atoms with Crippen molar-refractivity contribution in [1.82, 2.24) is 9.13 Å². The number of hydrogen-bond donors (Lipinski definition) is 0. The summed E-state index contributed by atoms with van der Waals surface area (Å²) in [6.07, 6.45) is 0. The van der Waals surface area contributed by atoms with Gasteiger partial charge in [0, 0.05) is 32.9 Å². The third kappa shape index (κ3) is 4.57. The molecule has 8 aromatic carbocycles. The first-order valence-corrected chi connectivity index (χ1v) is 17.2. The van der Waals surface area contributed by atoms with E-state index in [4.69, 9.17) is 0 Å². The number of nitrogens with zero attached hydrogens (tertiary/aromatic N) is 2. The quantitative estimate of drug-likeness (QED) is 0.178. The van der Waals surface area contributed by atoms with Crippen LogP contribution in [0.5, 0.6) is 0 Å². The van der Waals surface area contributed by atoms with Crippen LogP contribution in [0.1, 0.15) is 0 Å². The number of aromatic nitrogens is 2. The summed E-state index contributed by atoms with van der Waals surface area (Å²) < 4.78 is 4.86. The van der Waals surface area contributed by atoms with E-state index in [0.717, 1.165) is 11.4 Å². The van der Waals surface area contributed by atoms with Crippen LogP contribution >= 0.6 is 0 Å². The first kappa shape index (κ1) is 28.4. The second-order valence-electron chi connectivity index (χ2n) is 13.0. The molecule has 0 saturated carbocycles. The van der Waals surface area contributed by atoms with Gasteiger partial charge in [-0.15, -0.1) is 0 Å². The van der Waals surface area contributed by atoms with Crippen LogP contribution in [0.25, 0.3) is 88.4 Å². The van der Waals surface area contributed by atoms with Crippen LogP contribution in [0.3, 0.4) is 0 Å². The van der Waals surface area contributed by atoms with Crippen molar-refractivity contribution in [1.29, 1.82) is 0 Å². The lowest BCUT2D eigenvalue weighted by atomic mass is 9.99. The van der Waals surface area contributed by atoms with E-state index in [2.05, 4.69) is 203 Å². The molecule has 0 fully saturated rings. The maximum absolute atomic E-state index is 2.44. The fourth-order valence-electron chi connectivity index (χ4n) is 7.75. The number of rotatable bonds is 5. The highest BCUT2D eigenvalue weighted by Gasteiger charge is 2.18. The third-order valence-corrected chi connectivity index (χ3v) is 10.1. The Labute approximate surface area is 290 Å². The van der Waals surface area contributed by atoms with Crippen LogP contribution in [-0.4, -0.2) is 9.13 Å². The van der Waals surface area contributed by atoms with Gasteiger partial charge in [-0.05, 0) is 88.0 Å². The summed E-state index contributed by atoms with van der Waals surface area (Å²) in [6.45, 7) is 0. The smallest absolute Gasteiger partial charge is 0.0562 e. The molecule has 0 bridgehead atoms. The van der Waals surface area contributed by atoms with E-state index >= 15 is 0 Å². The molecule has 2 heterocycles. The molecule has 10 aromatic rings. The summed E-state index contributed by atoms with van der Waals surface area (Å²) in [5.41, 5.74) is 14.4. The summed E-state index contributed by atoms with van der Waals surface area (Å²) >= 11 is 0. The Hall–Kier alpha value is -6.64. The maximum Gasteiger partial charge on any atom is 0.0562 e. The number of fused-ring (bicyclic) bond motifs is 6. The van der Waals surface area contributed by atoms with Gasteiger partial charge in [-0.2, -0.15) is 0 Å². The molecule has 50 heavy (non-hydrogen) atoms. The van der Waals surface area contributed by atoms with Crippen molar-refractivity contribution in [2.45, 2.75) is 0 Å². The normalized spacial score (nSPS) is 11.6. The lowest BCUT2D eigenvalue weighted by Gasteiger charge is -2.12. The van der Waals surface area contributed by atoms with E-state index in [1.54, 1.807) is 0 Å². The lowest BCUT2D eigenvalue weighted by molar-refractivity contribution is 1.16. The number of hydrogen-bond acceptors (Lipinski definition) is 0. The lowest BCUT2D eigenvalue weighted by Crippen LogP contribution is -1.96. The molecular formula is C48H32N2. The van der Waals surface area contributed by atoms with E-state index < -0.39 is 0 Å². The predicted molar refractivity (Wildman–Crippen MR) is 211 cm³/mol. The van der Waals surface area contributed by atoms with Crippen molar-refractivity contribution in [3.05, 3.63) is 194 Å². The van der Waals surface area contributed by atoms with Gasteiger partial charge in [0.05, 0.1) is 22.1 Å². The Morgan fingerprint density at radius 3 is 1.28 bits per heavy atom. The zero-order valence-electron chi connectivity index (χ0n) is 27.4. The molecule has 2 aromatic heterocycles. The first-order valence-electron chi connectivity index (χ1n) is 17.2. The number of para-hydroxylation sites is 2. The summed E-state index contributed by atoms with van der Waals surface area (Å²) in [5.74, 6) is 0. The maximum atomic E-state index is 2.44. The molecule has 0 spiro atoms. The minimum Gasteiger partial charge on any atom is -0.309 e. The minimum absolute atomic E-state index is 1.15. The van der Waals surface area contributed by atoms with Crippen LogP contribution in [0.2, 0.25) is 0 Å². The fraction of sp³-hybridized carbons (Fsp3) is 0. The van der Waals surface area contributed by atoms with Gasteiger partial charge in [0.1, 0.15) is 0 Å². The SMILES string of the molecule is c1ccc(-c2ccc(-n3c4ccccc4c4cc5c6ccccc6n(-c6cccc(-c7cccc(-c8ccccc8)c7)c6)c5cc43)cc2)cc1. The standard InChI is InChI=1S/C48H32N2/c1-3-13-33(14-4-1)35-25-27-39(28-26-35)49-45-23-9-7-21-41(45)43-31-44-42-22-8-10-24-46(42)50(48(44)32-47(43)49)40-20-12-19-38(30-40)37-18-11-17-36(29-37)34-15-5-2-6-16-34/h1-32H. The molecule has 0 atom stereocenters. The van der Waals surface area contributed by atoms with Gasteiger partial charge in [-0.3, -0.25) is 0 Å². The van der Waals surface area contributed by atoms with Gasteiger partial charge in [-0.25, -0.2) is 0 Å². The Morgan fingerprint density at radius 1 is 0.220 bits per heavy atom.